The summed E-state index contributed by atoms with van der Waals surface area (Å²) in [5, 5.41) is 15.5. The van der Waals surface area contributed by atoms with Crippen molar-refractivity contribution in [2.24, 2.45) is 5.92 Å². The summed E-state index contributed by atoms with van der Waals surface area (Å²) in [4.78, 5) is 12.5. The van der Waals surface area contributed by atoms with Crippen molar-refractivity contribution in [3.05, 3.63) is 24.0 Å². The zero-order valence-corrected chi connectivity index (χ0v) is 13.0. The number of aliphatic hydroxyl groups is 1. The molecule has 1 fully saturated rings. The van der Waals surface area contributed by atoms with Crippen molar-refractivity contribution in [1.82, 2.24) is 15.2 Å². The number of carbonyl (C=O) groups excluding carboxylic acids is 1. The topological polar surface area (TPSA) is 66.3 Å². The highest BCUT2D eigenvalue weighted by Crippen LogP contribution is 2.21. The molecule has 3 N–H and O–H groups in total. The minimum atomic E-state index is -0.0364. The van der Waals surface area contributed by atoms with Gasteiger partial charge in [-0.05, 0) is 50.4 Å². The summed E-state index contributed by atoms with van der Waals surface area (Å²) in [6.07, 6.45) is 4.71. The summed E-state index contributed by atoms with van der Waals surface area (Å²) >= 11 is 0. The maximum absolute atomic E-state index is 12.5. The van der Waals surface area contributed by atoms with Gasteiger partial charge in [0, 0.05) is 24.9 Å². The first-order chi connectivity index (χ1) is 10.1. The fourth-order valence-electron chi connectivity index (χ4n) is 2.94. The smallest absolute Gasteiger partial charge is 0.268 e. The van der Waals surface area contributed by atoms with Gasteiger partial charge >= 0.3 is 0 Å². The molecule has 1 unspecified atom stereocenters. The molecule has 21 heavy (non-hydrogen) atoms. The van der Waals surface area contributed by atoms with Crippen LogP contribution in [0.5, 0.6) is 0 Å². The van der Waals surface area contributed by atoms with Gasteiger partial charge in [0.05, 0.1) is 0 Å². The van der Waals surface area contributed by atoms with E-state index < -0.39 is 0 Å². The van der Waals surface area contributed by atoms with Gasteiger partial charge in [0.1, 0.15) is 5.69 Å². The fourth-order valence-corrected chi connectivity index (χ4v) is 2.94. The lowest BCUT2D eigenvalue weighted by Crippen LogP contribution is -2.40. The van der Waals surface area contributed by atoms with E-state index in [0.717, 1.165) is 31.6 Å². The lowest BCUT2D eigenvalue weighted by Gasteiger charge is -2.27. The molecule has 1 aliphatic rings. The molecular formula is C16H27N3O2. The monoisotopic (exact) mass is 293 g/mol. The first-order valence-electron chi connectivity index (χ1n) is 7.92. The number of hydrogen-bond donors (Lipinski definition) is 3. The second-order valence-corrected chi connectivity index (χ2v) is 6.12. The molecule has 1 aliphatic heterocycles. The molecular weight excluding hydrogens is 266 g/mol. The van der Waals surface area contributed by atoms with Crippen LogP contribution in [-0.2, 0) is 0 Å². The van der Waals surface area contributed by atoms with Crippen LogP contribution < -0.4 is 10.6 Å². The van der Waals surface area contributed by atoms with E-state index >= 15 is 0 Å². The highest BCUT2D eigenvalue weighted by atomic mass is 16.3. The molecule has 1 aromatic rings. The molecule has 1 amide bonds. The van der Waals surface area contributed by atoms with Crippen molar-refractivity contribution in [3.63, 3.8) is 0 Å². The van der Waals surface area contributed by atoms with Crippen LogP contribution in [0.15, 0.2) is 18.3 Å². The van der Waals surface area contributed by atoms with Crippen LogP contribution >= 0.6 is 0 Å². The van der Waals surface area contributed by atoms with E-state index in [0.29, 0.717) is 18.4 Å². The van der Waals surface area contributed by atoms with Crippen LogP contribution in [-0.4, -0.2) is 41.3 Å². The molecule has 0 saturated carbocycles. The predicted octanol–water partition coefficient (Wildman–Crippen LogP) is 1.55. The third-order valence-electron chi connectivity index (χ3n) is 4.27. The molecule has 1 atom stereocenters. The largest absolute Gasteiger partial charge is 0.396 e. The minimum Gasteiger partial charge on any atom is -0.396 e. The SMILES string of the molecule is CC(C)C(CCO)NC(=O)c1cccn1C1CCNCC1. The van der Waals surface area contributed by atoms with Gasteiger partial charge in [-0.1, -0.05) is 13.8 Å². The Balaban J connectivity index is 2.07. The lowest BCUT2D eigenvalue weighted by atomic mass is 10.0. The van der Waals surface area contributed by atoms with Crippen molar-refractivity contribution in [2.75, 3.05) is 19.7 Å². The van der Waals surface area contributed by atoms with Crippen molar-refractivity contribution >= 4 is 5.91 Å². The molecule has 0 radical (unpaired) electrons. The van der Waals surface area contributed by atoms with Crippen LogP contribution in [0.1, 0.15) is 49.6 Å². The number of aromatic nitrogens is 1. The highest BCUT2D eigenvalue weighted by molar-refractivity contribution is 5.93. The summed E-state index contributed by atoms with van der Waals surface area (Å²) in [6, 6.07) is 4.23. The molecule has 5 heteroatoms. The third-order valence-corrected chi connectivity index (χ3v) is 4.27. The molecule has 1 saturated heterocycles. The first-order valence-corrected chi connectivity index (χ1v) is 7.92. The third kappa shape index (κ3) is 4.08. The van der Waals surface area contributed by atoms with Crippen LogP contribution in [0, 0.1) is 5.92 Å². The van der Waals surface area contributed by atoms with Gasteiger partial charge in [0.2, 0.25) is 0 Å². The molecule has 118 valence electrons. The molecule has 0 aromatic carbocycles. The molecule has 0 bridgehead atoms. The van der Waals surface area contributed by atoms with E-state index in [1.54, 1.807) is 0 Å². The van der Waals surface area contributed by atoms with Gasteiger partial charge in [-0.3, -0.25) is 4.79 Å². The van der Waals surface area contributed by atoms with Crippen LogP contribution in [0.2, 0.25) is 0 Å². The summed E-state index contributed by atoms with van der Waals surface area (Å²) in [5.41, 5.74) is 0.727. The molecule has 2 heterocycles. The molecule has 0 aliphatic carbocycles. The summed E-state index contributed by atoms with van der Waals surface area (Å²) in [5.74, 6) is 0.272. The Morgan fingerprint density at radius 2 is 2.19 bits per heavy atom. The van der Waals surface area contributed by atoms with Crippen molar-refractivity contribution in [3.8, 4) is 0 Å². The Hall–Kier alpha value is -1.33. The number of carbonyl (C=O) groups is 1. The number of nitrogens with one attached hydrogen (secondary N) is 2. The van der Waals surface area contributed by atoms with Crippen molar-refractivity contribution in [1.29, 1.82) is 0 Å². The average molecular weight is 293 g/mol. The maximum Gasteiger partial charge on any atom is 0.268 e. The molecule has 1 aromatic heterocycles. The Morgan fingerprint density at radius 1 is 1.48 bits per heavy atom. The quantitative estimate of drug-likeness (QED) is 0.745. The van der Waals surface area contributed by atoms with Crippen molar-refractivity contribution in [2.45, 2.75) is 45.2 Å². The number of aliphatic hydroxyl groups excluding tert-OH is 1. The Labute approximate surface area is 126 Å². The zero-order valence-electron chi connectivity index (χ0n) is 13.0. The van der Waals surface area contributed by atoms with Crippen LogP contribution in [0.25, 0.3) is 0 Å². The standard InChI is InChI=1S/C16H27N3O2/c1-12(2)14(7-11-20)18-16(21)15-4-3-10-19(15)13-5-8-17-9-6-13/h3-4,10,12-14,17,20H,5-9,11H2,1-2H3,(H,18,21). The number of amides is 1. The molecule has 5 nitrogen and oxygen atoms in total. The maximum atomic E-state index is 12.5. The summed E-state index contributed by atoms with van der Waals surface area (Å²) in [7, 11) is 0. The molecule has 2 rings (SSSR count). The number of rotatable bonds is 6. The van der Waals surface area contributed by atoms with Crippen molar-refractivity contribution < 1.29 is 9.90 Å². The fraction of sp³-hybridized carbons (Fsp3) is 0.688. The van der Waals surface area contributed by atoms with Gasteiger partial charge in [-0.15, -0.1) is 0 Å². The van der Waals surface area contributed by atoms with E-state index in [1.807, 2.05) is 18.3 Å². The second kappa shape index (κ2) is 7.61. The van der Waals surface area contributed by atoms with E-state index in [4.69, 9.17) is 5.11 Å². The van der Waals surface area contributed by atoms with E-state index in [2.05, 4.69) is 29.0 Å². The lowest BCUT2D eigenvalue weighted by molar-refractivity contribution is 0.0903. The number of piperidine rings is 1. The second-order valence-electron chi connectivity index (χ2n) is 6.12. The highest BCUT2D eigenvalue weighted by Gasteiger charge is 2.22. The Bertz CT molecular complexity index is 450. The average Bonchev–Trinajstić information content (AvgIpc) is 2.97. The van der Waals surface area contributed by atoms with Crippen LogP contribution in [0.3, 0.4) is 0 Å². The molecule has 0 spiro atoms. The van der Waals surface area contributed by atoms with E-state index in [-0.39, 0.29) is 18.6 Å². The zero-order chi connectivity index (χ0) is 15.2. The van der Waals surface area contributed by atoms with Gasteiger partial charge in [0.25, 0.3) is 5.91 Å². The minimum absolute atomic E-state index is 0.0128. The number of hydrogen-bond acceptors (Lipinski definition) is 3. The van der Waals surface area contributed by atoms with E-state index in [1.165, 1.54) is 0 Å². The number of nitrogens with zero attached hydrogens (tertiary/aromatic N) is 1. The summed E-state index contributed by atoms with van der Waals surface area (Å²) < 4.78 is 2.10. The van der Waals surface area contributed by atoms with Gasteiger partial charge < -0.3 is 20.3 Å². The Morgan fingerprint density at radius 3 is 2.81 bits per heavy atom. The first kappa shape index (κ1) is 16.0. The predicted molar refractivity (Wildman–Crippen MR) is 83.4 cm³/mol. The summed E-state index contributed by atoms with van der Waals surface area (Å²) in [6.45, 7) is 6.23. The Kier molecular flexibility index (Phi) is 5.82. The van der Waals surface area contributed by atoms with Gasteiger partial charge in [0.15, 0.2) is 0 Å². The normalized spacial score (nSPS) is 17.9. The van der Waals surface area contributed by atoms with E-state index in [9.17, 15) is 4.79 Å². The van der Waals surface area contributed by atoms with Gasteiger partial charge in [-0.2, -0.15) is 0 Å². The van der Waals surface area contributed by atoms with Gasteiger partial charge in [-0.25, -0.2) is 0 Å². The van der Waals surface area contributed by atoms with Crippen LogP contribution in [0.4, 0.5) is 0 Å².